The fourth-order valence-electron chi connectivity index (χ4n) is 2.43. The van der Waals surface area contributed by atoms with Gasteiger partial charge in [-0.05, 0) is 31.5 Å². The van der Waals surface area contributed by atoms with Gasteiger partial charge in [0, 0.05) is 22.3 Å². The molecule has 1 N–H and O–H groups in total. The molecule has 2 aromatic heterocycles. The normalized spacial score (nSPS) is 11.4. The van der Waals surface area contributed by atoms with Gasteiger partial charge >= 0.3 is 5.69 Å². The first-order chi connectivity index (χ1) is 13.2. The molecule has 28 heavy (non-hydrogen) atoms. The van der Waals surface area contributed by atoms with E-state index in [-0.39, 0.29) is 5.69 Å². The molecule has 9 nitrogen and oxygen atoms in total. The molecule has 0 bridgehead atoms. The second-order valence-corrected chi connectivity index (χ2v) is 7.39. The molecule has 0 saturated carbocycles. The van der Waals surface area contributed by atoms with Gasteiger partial charge in [0.05, 0.1) is 11.5 Å². The van der Waals surface area contributed by atoms with Gasteiger partial charge in [0.2, 0.25) is 0 Å². The van der Waals surface area contributed by atoms with E-state index in [1.165, 1.54) is 10.9 Å². The molecule has 0 saturated heterocycles. The Labute approximate surface area is 170 Å². The van der Waals surface area contributed by atoms with Crippen LogP contribution in [0.15, 0.2) is 42.9 Å². The van der Waals surface area contributed by atoms with Crippen LogP contribution in [0.4, 0.5) is 11.5 Å². The number of nitro groups is 1. The number of nitrogens with one attached hydrogen (secondary N) is 1. The lowest BCUT2D eigenvalue weighted by Gasteiger charge is -2.23. The Kier molecular flexibility index (Phi) is 5.39. The summed E-state index contributed by atoms with van der Waals surface area (Å²) in [6.07, 6.45) is 4.01. The van der Waals surface area contributed by atoms with Crippen LogP contribution in [0.3, 0.4) is 0 Å². The van der Waals surface area contributed by atoms with Crippen molar-refractivity contribution in [3.8, 4) is 0 Å². The van der Waals surface area contributed by atoms with Gasteiger partial charge in [-0.2, -0.15) is 10.2 Å². The van der Waals surface area contributed by atoms with E-state index in [2.05, 4.69) is 15.5 Å². The standard InChI is InChI=1S/C17H16Cl2N6O3/c1-17(2,24-10-13(8-20-24)25(27)28)16(26)21-15-5-6-23(22-15)9-11-3-4-12(18)7-14(11)19/h3-8,10H,9H2,1-2H3,(H,21,22,26). The molecule has 0 aliphatic carbocycles. The van der Waals surface area contributed by atoms with Crippen LogP contribution in [0.2, 0.25) is 10.0 Å². The largest absolute Gasteiger partial charge is 0.307 e. The average Bonchev–Trinajstić information content (AvgIpc) is 3.27. The second-order valence-electron chi connectivity index (χ2n) is 6.55. The summed E-state index contributed by atoms with van der Waals surface area (Å²) in [5.41, 5.74) is -0.515. The van der Waals surface area contributed by atoms with Gasteiger partial charge in [0.15, 0.2) is 5.82 Å². The van der Waals surface area contributed by atoms with Gasteiger partial charge in [-0.3, -0.25) is 24.3 Å². The van der Waals surface area contributed by atoms with Gasteiger partial charge in [0.1, 0.15) is 17.9 Å². The zero-order valence-electron chi connectivity index (χ0n) is 15.0. The van der Waals surface area contributed by atoms with E-state index in [1.807, 2.05) is 0 Å². The molecule has 0 aliphatic rings. The van der Waals surface area contributed by atoms with Crippen LogP contribution in [0.5, 0.6) is 0 Å². The maximum absolute atomic E-state index is 12.6. The molecule has 0 radical (unpaired) electrons. The first-order valence-electron chi connectivity index (χ1n) is 8.15. The van der Waals surface area contributed by atoms with E-state index in [4.69, 9.17) is 23.2 Å². The average molecular weight is 423 g/mol. The van der Waals surface area contributed by atoms with Crippen molar-refractivity contribution < 1.29 is 9.72 Å². The molecule has 3 rings (SSSR count). The van der Waals surface area contributed by atoms with Crippen LogP contribution in [-0.2, 0) is 16.9 Å². The number of hydrogen-bond donors (Lipinski definition) is 1. The zero-order valence-corrected chi connectivity index (χ0v) is 16.5. The zero-order chi connectivity index (χ0) is 20.5. The number of hydrogen-bond acceptors (Lipinski definition) is 5. The third kappa shape index (κ3) is 4.15. The predicted molar refractivity (Wildman–Crippen MR) is 105 cm³/mol. The molecule has 146 valence electrons. The molecule has 1 amide bonds. The summed E-state index contributed by atoms with van der Waals surface area (Å²) in [6, 6.07) is 6.83. The number of nitrogens with zero attached hydrogens (tertiary/aromatic N) is 5. The van der Waals surface area contributed by atoms with Crippen LogP contribution < -0.4 is 5.32 Å². The predicted octanol–water partition coefficient (Wildman–Crippen LogP) is 3.72. The van der Waals surface area contributed by atoms with Crippen molar-refractivity contribution >= 4 is 40.6 Å². The molecule has 3 aromatic rings. The Morgan fingerprint density at radius 2 is 2.07 bits per heavy atom. The Balaban J connectivity index is 1.71. The Hall–Kier alpha value is -2.91. The number of aromatic nitrogens is 4. The van der Waals surface area contributed by atoms with Gasteiger partial charge in [-0.1, -0.05) is 29.3 Å². The lowest BCUT2D eigenvalue weighted by Crippen LogP contribution is -2.40. The Bertz CT molecular complexity index is 1040. The SMILES string of the molecule is CC(C)(C(=O)Nc1ccn(Cc2ccc(Cl)cc2Cl)n1)n1cc([N+](=O)[O-])cn1. The van der Waals surface area contributed by atoms with E-state index in [1.54, 1.807) is 49.0 Å². The molecule has 0 atom stereocenters. The van der Waals surface area contributed by atoms with Crippen LogP contribution >= 0.6 is 23.2 Å². The Morgan fingerprint density at radius 3 is 2.71 bits per heavy atom. The van der Waals surface area contributed by atoms with Crippen molar-refractivity contribution in [2.75, 3.05) is 5.32 Å². The molecule has 1 aromatic carbocycles. The number of benzene rings is 1. The van der Waals surface area contributed by atoms with Crippen LogP contribution in [-0.4, -0.2) is 30.4 Å². The molecular weight excluding hydrogens is 407 g/mol. The van der Waals surface area contributed by atoms with E-state index in [9.17, 15) is 14.9 Å². The number of carbonyl (C=O) groups excluding carboxylic acids is 1. The van der Waals surface area contributed by atoms with Gasteiger partial charge in [-0.25, -0.2) is 0 Å². The minimum atomic E-state index is -1.16. The number of halogens is 2. The molecular formula is C17H16Cl2N6O3. The molecule has 0 spiro atoms. The summed E-state index contributed by atoms with van der Waals surface area (Å²) in [6.45, 7) is 3.60. The van der Waals surface area contributed by atoms with Crippen molar-refractivity contribution in [2.24, 2.45) is 0 Å². The van der Waals surface area contributed by atoms with Crippen molar-refractivity contribution in [1.29, 1.82) is 0 Å². The minimum absolute atomic E-state index is 0.190. The number of anilines is 1. The molecule has 0 fully saturated rings. The van der Waals surface area contributed by atoms with E-state index >= 15 is 0 Å². The summed E-state index contributed by atoms with van der Waals surface area (Å²) < 4.78 is 2.86. The van der Waals surface area contributed by atoms with Crippen molar-refractivity contribution in [3.05, 3.63) is 68.6 Å². The highest BCUT2D eigenvalue weighted by atomic mass is 35.5. The number of rotatable bonds is 6. The summed E-state index contributed by atoms with van der Waals surface area (Å²) >= 11 is 12.1. The van der Waals surface area contributed by atoms with Crippen molar-refractivity contribution in [1.82, 2.24) is 19.6 Å². The third-order valence-electron chi connectivity index (χ3n) is 4.14. The number of carbonyl (C=O) groups is 1. The molecule has 0 unspecified atom stereocenters. The molecule has 2 heterocycles. The van der Waals surface area contributed by atoms with Gasteiger partial charge in [0.25, 0.3) is 5.91 Å². The summed E-state index contributed by atoms with van der Waals surface area (Å²) in [4.78, 5) is 22.9. The minimum Gasteiger partial charge on any atom is -0.307 e. The Morgan fingerprint density at radius 1 is 1.32 bits per heavy atom. The molecule has 0 aliphatic heterocycles. The maximum Gasteiger partial charge on any atom is 0.307 e. The van der Waals surface area contributed by atoms with E-state index in [0.29, 0.717) is 22.4 Å². The first-order valence-corrected chi connectivity index (χ1v) is 8.91. The van der Waals surface area contributed by atoms with Crippen LogP contribution in [0.25, 0.3) is 0 Å². The maximum atomic E-state index is 12.6. The highest BCUT2D eigenvalue weighted by Crippen LogP contribution is 2.23. The lowest BCUT2D eigenvalue weighted by molar-refractivity contribution is -0.385. The second kappa shape index (κ2) is 7.61. The first kappa shape index (κ1) is 19.8. The summed E-state index contributed by atoms with van der Waals surface area (Å²) in [5.74, 6) is -0.0786. The summed E-state index contributed by atoms with van der Waals surface area (Å²) in [5, 5.41) is 22.8. The topological polar surface area (TPSA) is 108 Å². The van der Waals surface area contributed by atoms with Crippen LogP contribution in [0, 0.1) is 10.1 Å². The van der Waals surface area contributed by atoms with E-state index in [0.717, 1.165) is 11.8 Å². The highest BCUT2D eigenvalue weighted by Gasteiger charge is 2.32. The van der Waals surface area contributed by atoms with Crippen molar-refractivity contribution in [3.63, 3.8) is 0 Å². The van der Waals surface area contributed by atoms with Gasteiger partial charge in [-0.15, -0.1) is 0 Å². The monoisotopic (exact) mass is 422 g/mol. The van der Waals surface area contributed by atoms with Crippen LogP contribution in [0.1, 0.15) is 19.4 Å². The number of amides is 1. The smallest absolute Gasteiger partial charge is 0.307 e. The fraction of sp³-hybridized carbons (Fsp3) is 0.235. The molecule has 11 heteroatoms. The quantitative estimate of drug-likeness (QED) is 0.480. The van der Waals surface area contributed by atoms with E-state index < -0.39 is 16.4 Å². The fourth-order valence-corrected chi connectivity index (χ4v) is 2.90. The lowest BCUT2D eigenvalue weighted by atomic mass is 10.1. The van der Waals surface area contributed by atoms with Gasteiger partial charge < -0.3 is 5.32 Å². The van der Waals surface area contributed by atoms with Crippen molar-refractivity contribution in [2.45, 2.75) is 25.9 Å². The highest BCUT2D eigenvalue weighted by molar-refractivity contribution is 6.35. The summed E-state index contributed by atoms with van der Waals surface area (Å²) in [7, 11) is 0. The third-order valence-corrected chi connectivity index (χ3v) is 4.72.